The van der Waals surface area contributed by atoms with Gasteiger partial charge < -0.3 is 10.3 Å². The number of benzene rings is 1. The maximum atomic E-state index is 4.67. The van der Waals surface area contributed by atoms with Crippen molar-refractivity contribution in [3.8, 4) is 33.8 Å². The van der Waals surface area contributed by atoms with Crippen molar-refractivity contribution in [3.63, 3.8) is 0 Å². The molecule has 7 nitrogen and oxygen atoms in total. The Morgan fingerprint density at radius 2 is 1.82 bits per heavy atom. The van der Waals surface area contributed by atoms with Crippen LogP contribution in [0.2, 0.25) is 0 Å². The first-order chi connectivity index (χ1) is 18.8. The van der Waals surface area contributed by atoms with Crippen molar-refractivity contribution in [1.82, 2.24) is 35.5 Å². The van der Waals surface area contributed by atoms with Gasteiger partial charge in [-0.3, -0.25) is 15.1 Å². The van der Waals surface area contributed by atoms with Crippen LogP contribution in [-0.4, -0.2) is 36.7 Å². The number of nitrogens with zero attached hydrogens (tertiary/aromatic N) is 4. The number of fused-ring (bicyclic) bond motifs is 2. The molecule has 0 spiro atoms. The fraction of sp³-hybridized carbons (Fsp3) is 0.226. The highest BCUT2D eigenvalue weighted by molar-refractivity contribution is 6.00. The van der Waals surface area contributed by atoms with Gasteiger partial charge in [0.25, 0.3) is 0 Å². The molecule has 0 radical (unpaired) electrons. The highest BCUT2D eigenvalue weighted by Crippen LogP contribution is 2.34. The largest absolute Gasteiger partial charge is 0.338 e. The first kappa shape index (κ1) is 22.8. The summed E-state index contributed by atoms with van der Waals surface area (Å²) in [6.07, 6.45) is 13.0. The lowest BCUT2D eigenvalue weighted by atomic mass is 10.0. The average molecular weight is 500 g/mol. The number of hydrogen-bond acceptors (Lipinski definition) is 5. The predicted molar refractivity (Wildman–Crippen MR) is 151 cm³/mol. The van der Waals surface area contributed by atoms with Gasteiger partial charge in [-0.1, -0.05) is 25.0 Å². The van der Waals surface area contributed by atoms with Crippen LogP contribution in [0.3, 0.4) is 0 Å². The van der Waals surface area contributed by atoms with E-state index in [0.717, 1.165) is 74.7 Å². The summed E-state index contributed by atoms with van der Waals surface area (Å²) >= 11 is 0. The minimum atomic E-state index is 0.817. The Labute approximate surface area is 220 Å². The topological polar surface area (TPSA) is 95.2 Å². The van der Waals surface area contributed by atoms with Crippen molar-refractivity contribution < 1.29 is 0 Å². The highest BCUT2D eigenvalue weighted by Gasteiger charge is 2.16. The van der Waals surface area contributed by atoms with Crippen LogP contribution in [0.15, 0.2) is 79.4 Å². The molecule has 0 bridgehead atoms. The van der Waals surface area contributed by atoms with E-state index < -0.39 is 0 Å². The molecule has 1 saturated carbocycles. The van der Waals surface area contributed by atoms with E-state index in [1.165, 1.54) is 31.2 Å². The van der Waals surface area contributed by atoms with Gasteiger partial charge in [-0.05, 0) is 78.9 Å². The van der Waals surface area contributed by atoms with Crippen LogP contribution in [0, 0.1) is 5.92 Å². The summed E-state index contributed by atoms with van der Waals surface area (Å²) in [5.74, 6) is 0.827. The number of aromatic amines is 2. The van der Waals surface area contributed by atoms with Crippen LogP contribution in [0.1, 0.15) is 31.2 Å². The Hall–Kier alpha value is -4.36. The van der Waals surface area contributed by atoms with Crippen molar-refractivity contribution in [2.24, 2.45) is 5.92 Å². The fourth-order valence-electron chi connectivity index (χ4n) is 5.68. The van der Waals surface area contributed by atoms with Gasteiger partial charge in [0.1, 0.15) is 11.3 Å². The SMILES string of the molecule is c1ccc(-c2ccnc3[nH]c(-c4n[nH]c5ccc(-c6cncc(CNCC7CCCC7)c6)cc45)cc23)nc1. The van der Waals surface area contributed by atoms with Crippen LogP contribution in [0.4, 0.5) is 0 Å². The Bertz CT molecular complexity index is 1710. The molecular weight excluding hydrogens is 470 g/mol. The molecule has 3 N–H and O–H groups in total. The van der Waals surface area contributed by atoms with E-state index in [2.05, 4.69) is 65.8 Å². The summed E-state index contributed by atoms with van der Waals surface area (Å²) in [7, 11) is 0. The second-order valence-electron chi connectivity index (χ2n) is 10.2. The molecule has 5 heterocycles. The van der Waals surface area contributed by atoms with E-state index in [1.54, 1.807) is 0 Å². The van der Waals surface area contributed by atoms with Gasteiger partial charge in [-0.25, -0.2) is 4.98 Å². The number of H-pyrrole nitrogens is 2. The van der Waals surface area contributed by atoms with E-state index in [9.17, 15) is 0 Å². The molecule has 1 aliphatic rings. The molecule has 0 aliphatic heterocycles. The standard InChI is InChI=1S/C31H29N7/c1-2-6-20(5-1)16-32-17-21-13-23(19-33-18-21)22-8-9-28-26(14-22)30(38-37-28)29-15-25-24(10-12-35-31(25)36-29)27-7-3-4-11-34-27/h3-4,7-15,18-20,32H,1-2,5-6,16-17H2,(H,35,36)(H,37,38). The minimum absolute atomic E-state index is 0.817. The zero-order chi connectivity index (χ0) is 25.3. The molecule has 1 fully saturated rings. The molecule has 188 valence electrons. The second-order valence-corrected chi connectivity index (χ2v) is 10.2. The van der Waals surface area contributed by atoms with Crippen LogP contribution in [0.25, 0.3) is 55.7 Å². The van der Waals surface area contributed by atoms with Gasteiger partial charge in [-0.15, -0.1) is 0 Å². The number of rotatable bonds is 7. The third kappa shape index (κ3) is 4.35. The molecule has 38 heavy (non-hydrogen) atoms. The first-order valence-corrected chi connectivity index (χ1v) is 13.3. The Balaban J connectivity index is 1.20. The van der Waals surface area contributed by atoms with Gasteiger partial charge in [0.05, 0.1) is 16.9 Å². The Morgan fingerprint density at radius 3 is 2.71 bits per heavy atom. The summed E-state index contributed by atoms with van der Waals surface area (Å²) in [5, 5.41) is 13.6. The zero-order valence-corrected chi connectivity index (χ0v) is 21.1. The molecule has 0 saturated heterocycles. The van der Waals surface area contributed by atoms with E-state index in [1.807, 2.05) is 49.1 Å². The van der Waals surface area contributed by atoms with E-state index in [4.69, 9.17) is 0 Å². The van der Waals surface area contributed by atoms with Crippen LogP contribution >= 0.6 is 0 Å². The van der Waals surface area contributed by atoms with Crippen LogP contribution < -0.4 is 5.32 Å². The molecule has 7 rings (SSSR count). The summed E-state index contributed by atoms with van der Waals surface area (Å²) < 4.78 is 0. The zero-order valence-electron chi connectivity index (χ0n) is 21.1. The number of aromatic nitrogens is 6. The molecule has 1 aromatic carbocycles. The van der Waals surface area contributed by atoms with E-state index >= 15 is 0 Å². The van der Waals surface area contributed by atoms with E-state index in [0.29, 0.717) is 0 Å². The van der Waals surface area contributed by atoms with Crippen molar-refractivity contribution >= 4 is 21.9 Å². The fourth-order valence-corrected chi connectivity index (χ4v) is 5.68. The molecule has 7 heteroatoms. The third-order valence-corrected chi connectivity index (χ3v) is 7.66. The molecule has 5 aromatic heterocycles. The predicted octanol–water partition coefficient (Wildman–Crippen LogP) is 6.51. The summed E-state index contributed by atoms with van der Waals surface area (Å²) in [5.41, 5.74) is 8.99. The number of pyridine rings is 3. The van der Waals surface area contributed by atoms with Gasteiger partial charge >= 0.3 is 0 Å². The molecule has 6 aromatic rings. The summed E-state index contributed by atoms with van der Waals surface area (Å²) in [4.78, 5) is 17.1. The van der Waals surface area contributed by atoms with Crippen LogP contribution in [0.5, 0.6) is 0 Å². The highest BCUT2D eigenvalue weighted by atomic mass is 15.1. The maximum absolute atomic E-state index is 4.67. The monoisotopic (exact) mass is 499 g/mol. The number of hydrogen-bond donors (Lipinski definition) is 3. The van der Waals surface area contributed by atoms with Crippen molar-refractivity contribution in [3.05, 3.63) is 84.9 Å². The van der Waals surface area contributed by atoms with Gasteiger partial charge in [0.2, 0.25) is 0 Å². The van der Waals surface area contributed by atoms with E-state index in [-0.39, 0.29) is 0 Å². The summed E-state index contributed by atoms with van der Waals surface area (Å²) in [6.45, 7) is 1.94. The van der Waals surface area contributed by atoms with Gasteiger partial charge in [0.15, 0.2) is 0 Å². The molecular formula is C31H29N7. The lowest BCUT2D eigenvalue weighted by Gasteiger charge is -2.11. The van der Waals surface area contributed by atoms with Gasteiger partial charge in [0, 0.05) is 53.2 Å². The second kappa shape index (κ2) is 9.84. The quantitative estimate of drug-likeness (QED) is 0.233. The van der Waals surface area contributed by atoms with Crippen molar-refractivity contribution in [1.29, 1.82) is 0 Å². The lowest BCUT2D eigenvalue weighted by molar-refractivity contribution is 0.489. The summed E-state index contributed by atoms with van der Waals surface area (Å²) in [6, 6.07) is 18.7. The lowest BCUT2D eigenvalue weighted by Crippen LogP contribution is -2.20. The molecule has 1 aliphatic carbocycles. The van der Waals surface area contributed by atoms with Crippen molar-refractivity contribution in [2.45, 2.75) is 32.2 Å². The van der Waals surface area contributed by atoms with Crippen molar-refractivity contribution in [2.75, 3.05) is 6.54 Å². The molecule has 0 unspecified atom stereocenters. The smallest absolute Gasteiger partial charge is 0.138 e. The normalized spacial score (nSPS) is 14.1. The van der Waals surface area contributed by atoms with Gasteiger partial charge in [-0.2, -0.15) is 5.10 Å². The number of nitrogens with one attached hydrogen (secondary N) is 3. The molecule has 0 atom stereocenters. The average Bonchev–Trinajstić information content (AvgIpc) is 3.73. The first-order valence-electron chi connectivity index (χ1n) is 13.3. The van der Waals surface area contributed by atoms with Crippen LogP contribution in [-0.2, 0) is 6.54 Å². The molecule has 0 amide bonds. The Kier molecular flexibility index (Phi) is 5.90. The maximum Gasteiger partial charge on any atom is 0.138 e. The third-order valence-electron chi connectivity index (χ3n) is 7.66. The Morgan fingerprint density at radius 1 is 0.868 bits per heavy atom. The minimum Gasteiger partial charge on any atom is -0.338 e.